The summed E-state index contributed by atoms with van der Waals surface area (Å²) in [6.07, 6.45) is 7.49. The molecule has 152 valence electrons. The molecule has 1 heterocycles. The molecular weight excluding hydrogens is 346 g/mol. The summed E-state index contributed by atoms with van der Waals surface area (Å²) in [4.78, 5) is 15.6. The normalized spacial score (nSPS) is 20.0. The van der Waals surface area contributed by atoms with Crippen LogP contribution >= 0.6 is 0 Å². The number of benzene rings is 1. The second-order valence-electron chi connectivity index (χ2n) is 9.27. The first-order valence-corrected chi connectivity index (χ1v) is 10.7. The number of ether oxygens (including phenoxy) is 1. The van der Waals surface area contributed by atoms with Crippen molar-refractivity contribution in [3.63, 3.8) is 0 Å². The molecule has 0 spiro atoms. The first-order chi connectivity index (χ1) is 13.4. The van der Waals surface area contributed by atoms with Crippen LogP contribution in [0.5, 0.6) is 0 Å². The van der Waals surface area contributed by atoms with Crippen LogP contribution in [0.1, 0.15) is 65.4 Å². The van der Waals surface area contributed by atoms with Gasteiger partial charge in [0.05, 0.1) is 5.57 Å². The highest BCUT2D eigenvalue weighted by atomic mass is 16.5. The van der Waals surface area contributed by atoms with Gasteiger partial charge in [-0.3, -0.25) is 4.90 Å². The minimum absolute atomic E-state index is 0.136. The number of carbonyl (C=O) groups excluding carboxylic acids is 1. The Morgan fingerprint density at radius 2 is 1.79 bits per heavy atom. The van der Waals surface area contributed by atoms with Crippen LogP contribution in [0.3, 0.4) is 0 Å². The fraction of sp³-hybridized carbons (Fsp3) is 0.560. The summed E-state index contributed by atoms with van der Waals surface area (Å²) in [5, 5.41) is 0. The van der Waals surface area contributed by atoms with Gasteiger partial charge in [-0.05, 0) is 62.5 Å². The van der Waals surface area contributed by atoms with Crippen LogP contribution in [-0.2, 0) is 16.1 Å². The van der Waals surface area contributed by atoms with Gasteiger partial charge in [0.25, 0.3) is 0 Å². The molecule has 0 aromatic heterocycles. The van der Waals surface area contributed by atoms with Gasteiger partial charge in [-0.2, -0.15) is 0 Å². The molecule has 0 amide bonds. The Balaban J connectivity index is 1.80. The Bertz CT molecular complexity index is 731. The minimum Gasteiger partial charge on any atom is -0.457 e. The molecule has 0 saturated heterocycles. The average molecular weight is 382 g/mol. The topological polar surface area (TPSA) is 29.5 Å². The first kappa shape index (κ1) is 20.9. The minimum atomic E-state index is -0.136. The standard InChI is InChI=1S/C25H35NO2/c1-19(2)26-16-12-22(13-17-26)23(21-10-14-25(3,4)15-11-21)24(27)28-18-20-8-6-5-7-9-20/h5-9,12,19H,10-11,13-18H2,1-4H3. The number of esters is 1. The number of hydrogen-bond acceptors (Lipinski definition) is 3. The van der Waals surface area contributed by atoms with Gasteiger partial charge in [0, 0.05) is 19.1 Å². The number of carbonyl (C=O) groups is 1. The second kappa shape index (κ2) is 9.09. The van der Waals surface area contributed by atoms with E-state index in [9.17, 15) is 4.79 Å². The molecule has 1 fully saturated rings. The van der Waals surface area contributed by atoms with Crippen molar-refractivity contribution in [2.45, 2.75) is 72.4 Å². The largest absolute Gasteiger partial charge is 0.457 e. The van der Waals surface area contributed by atoms with E-state index in [4.69, 9.17) is 4.74 Å². The van der Waals surface area contributed by atoms with E-state index in [0.717, 1.165) is 56.3 Å². The Morgan fingerprint density at radius 3 is 2.36 bits per heavy atom. The predicted molar refractivity (Wildman–Crippen MR) is 115 cm³/mol. The third kappa shape index (κ3) is 5.35. The lowest BCUT2D eigenvalue weighted by atomic mass is 9.73. The third-order valence-corrected chi connectivity index (χ3v) is 6.27. The van der Waals surface area contributed by atoms with Crippen LogP contribution in [0.15, 0.2) is 53.1 Å². The second-order valence-corrected chi connectivity index (χ2v) is 9.27. The summed E-state index contributed by atoms with van der Waals surface area (Å²) in [7, 11) is 0. The molecule has 0 unspecified atom stereocenters. The van der Waals surface area contributed by atoms with E-state index in [2.05, 4.69) is 38.7 Å². The summed E-state index contributed by atoms with van der Waals surface area (Å²) in [6.45, 7) is 11.4. The van der Waals surface area contributed by atoms with E-state index in [1.54, 1.807) is 0 Å². The molecule has 1 saturated carbocycles. The Hall–Kier alpha value is -1.87. The highest BCUT2D eigenvalue weighted by Gasteiger charge is 2.30. The van der Waals surface area contributed by atoms with E-state index in [1.807, 2.05) is 30.3 Å². The zero-order valence-corrected chi connectivity index (χ0v) is 18.0. The van der Waals surface area contributed by atoms with Crippen LogP contribution in [0.4, 0.5) is 0 Å². The van der Waals surface area contributed by atoms with Crippen molar-refractivity contribution in [1.29, 1.82) is 0 Å². The lowest BCUT2D eigenvalue weighted by Crippen LogP contribution is -2.35. The summed E-state index contributed by atoms with van der Waals surface area (Å²) >= 11 is 0. The van der Waals surface area contributed by atoms with E-state index >= 15 is 0 Å². The zero-order valence-electron chi connectivity index (χ0n) is 18.0. The number of allylic oxidation sites excluding steroid dienone is 1. The fourth-order valence-electron chi connectivity index (χ4n) is 4.16. The Kier molecular flexibility index (Phi) is 6.77. The number of rotatable bonds is 5. The number of hydrogen-bond donors (Lipinski definition) is 0. The smallest absolute Gasteiger partial charge is 0.338 e. The highest BCUT2D eigenvalue weighted by Crippen LogP contribution is 2.40. The van der Waals surface area contributed by atoms with Crippen molar-refractivity contribution in [2.75, 3.05) is 13.1 Å². The van der Waals surface area contributed by atoms with Crippen molar-refractivity contribution in [3.05, 3.63) is 58.7 Å². The molecule has 3 nitrogen and oxygen atoms in total. The third-order valence-electron chi connectivity index (χ3n) is 6.27. The van der Waals surface area contributed by atoms with Gasteiger partial charge in [-0.15, -0.1) is 0 Å². The molecule has 1 aromatic carbocycles. The SMILES string of the molecule is CC(C)N1CC=C(C(C(=O)OCc2ccccc2)=C2CCC(C)(C)CC2)CC1. The van der Waals surface area contributed by atoms with Gasteiger partial charge in [0.2, 0.25) is 0 Å². The van der Waals surface area contributed by atoms with Crippen LogP contribution in [0.25, 0.3) is 0 Å². The maximum atomic E-state index is 13.2. The van der Waals surface area contributed by atoms with Crippen LogP contribution < -0.4 is 0 Å². The van der Waals surface area contributed by atoms with Gasteiger partial charge in [-0.1, -0.05) is 55.8 Å². The molecule has 1 aromatic rings. The molecule has 0 atom stereocenters. The van der Waals surface area contributed by atoms with Crippen molar-refractivity contribution >= 4 is 5.97 Å². The fourth-order valence-corrected chi connectivity index (χ4v) is 4.16. The van der Waals surface area contributed by atoms with E-state index in [0.29, 0.717) is 18.1 Å². The van der Waals surface area contributed by atoms with Crippen molar-refractivity contribution in [3.8, 4) is 0 Å². The predicted octanol–water partition coefficient (Wildman–Crippen LogP) is 5.67. The Labute approximate surface area is 170 Å². The molecule has 3 rings (SSSR count). The Morgan fingerprint density at radius 1 is 1.11 bits per heavy atom. The van der Waals surface area contributed by atoms with Gasteiger partial charge < -0.3 is 4.74 Å². The molecule has 0 radical (unpaired) electrons. The lowest BCUT2D eigenvalue weighted by Gasteiger charge is -2.34. The maximum Gasteiger partial charge on any atom is 0.338 e. The van der Waals surface area contributed by atoms with Crippen molar-refractivity contribution in [2.24, 2.45) is 5.41 Å². The molecule has 28 heavy (non-hydrogen) atoms. The lowest BCUT2D eigenvalue weighted by molar-refractivity contribution is -0.140. The van der Waals surface area contributed by atoms with E-state index < -0.39 is 0 Å². The van der Waals surface area contributed by atoms with Crippen molar-refractivity contribution in [1.82, 2.24) is 4.90 Å². The quantitative estimate of drug-likeness (QED) is 0.486. The summed E-state index contributed by atoms with van der Waals surface area (Å²) in [5.41, 5.74) is 4.80. The van der Waals surface area contributed by atoms with Crippen LogP contribution in [0.2, 0.25) is 0 Å². The average Bonchev–Trinajstić information content (AvgIpc) is 2.69. The van der Waals surface area contributed by atoms with Gasteiger partial charge in [-0.25, -0.2) is 4.79 Å². The van der Waals surface area contributed by atoms with Gasteiger partial charge in [0.15, 0.2) is 0 Å². The highest BCUT2D eigenvalue weighted by molar-refractivity contribution is 5.94. The van der Waals surface area contributed by atoms with Gasteiger partial charge >= 0.3 is 5.97 Å². The van der Waals surface area contributed by atoms with Crippen molar-refractivity contribution < 1.29 is 9.53 Å². The molecule has 3 heteroatoms. The monoisotopic (exact) mass is 381 g/mol. The van der Waals surface area contributed by atoms with E-state index in [-0.39, 0.29) is 5.97 Å². The molecule has 0 bridgehead atoms. The molecule has 0 N–H and O–H groups in total. The summed E-state index contributed by atoms with van der Waals surface area (Å²) in [5.74, 6) is -0.136. The maximum absolute atomic E-state index is 13.2. The summed E-state index contributed by atoms with van der Waals surface area (Å²) in [6, 6.07) is 10.5. The zero-order chi connectivity index (χ0) is 20.1. The summed E-state index contributed by atoms with van der Waals surface area (Å²) < 4.78 is 5.77. The van der Waals surface area contributed by atoms with E-state index in [1.165, 1.54) is 11.1 Å². The molecule has 1 aliphatic carbocycles. The first-order valence-electron chi connectivity index (χ1n) is 10.7. The molecule has 2 aliphatic rings. The van der Waals surface area contributed by atoms with Gasteiger partial charge in [0.1, 0.15) is 6.61 Å². The molecule has 1 aliphatic heterocycles. The van der Waals surface area contributed by atoms with Crippen LogP contribution in [-0.4, -0.2) is 30.0 Å². The number of nitrogens with zero attached hydrogens (tertiary/aromatic N) is 1. The van der Waals surface area contributed by atoms with Crippen LogP contribution in [0, 0.1) is 5.41 Å². The molecular formula is C25H35NO2.